The number of ketones is 1. The standard InChI is InChI=1S/C32H40N2O5/c1-25(36)33-30-14-8-7-13-27(30)17-20-39-19-10-3-2-9-18-34(22-26-11-5-4-6-12-26)23-32(38)28-15-16-31(37)29(21-28)24-35/h4-8,11-16,21,35,37H,2-3,9-10,17-20,22-24H2,1H3,(H,33,36). The first-order chi connectivity index (χ1) is 19.0. The van der Waals surface area contributed by atoms with Gasteiger partial charge in [-0.1, -0.05) is 61.4 Å². The van der Waals surface area contributed by atoms with Crippen LogP contribution in [0.1, 0.15) is 59.7 Å². The molecule has 0 heterocycles. The number of nitrogens with zero attached hydrogens (tertiary/aromatic N) is 1. The van der Waals surface area contributed by atoms with E-state index < -0.39 is 0 Å². The van der Waals surface area contributed by atoms with E-state index in [1.165, 1.54) is 13.0 Å². The number of anilines is 1. The Labute approximate surface area is 231 Å². The van der Waals surface area contributed by atoms with Crippen molar-refractivity contribution in [2.24, 2.45) is 0 Å². The molecule has 3 aromatic carbocycles. The number of hydrogen-bond acceptors (Lipinski definition) is 6. The minimum Gasteiger partial charge on any atom is -0.508 e. The largest absolute Gasteiger partial charge is 0.508 e. The minimum absolute atomic E-state index is 0.00558. The number of ether oxygens (including phenoxy) is 1. The van der Waals surface area contributed by atoms with Crippen molar-refractivity contribution in [3.63, 3.8) is 0 Å². The number of Topliss-reactive ketones (excluding diaryl/α,β-unsaturated/α-hetero) is 1. The highest BCUT2D eigenvalue weighted by Gasteiger charge is 2.15. The highest BCUT2D eigenvalue weighted by molar-refractivity contribution is 5.98. The Morgan fingerprint density at radius 1 is 0.872 bits per heavy atom. The van der Waals surface area contributed by atoms with E-state index >= 15 is 0 Å². The third-order valence-corrected chi connectivity index (χ3v) is 6.54. The van der Waals surface area contributed by atoms with Crippen LogP contribution in [0, 0.1) is 0 Å². The number of aromatic hydroxyl groups is 1. The molecular weight excluding hydrogens is 492 g/mol. The summed E-state index contributed by atoms with van der Waals surface area (Å²) in [5.41, 5.74) is 3.91. The molecule has 0 radical (unpaired) electrons. The molecule has 3 N–H and O–H groups in total. The lowest BCUT2D eigenvalue weighted by Crippen LogP contribution is -2.30. The second-order valence-corrected chi connectivity index (χ2v) is 9.74. The quantitative estimate of drug-likeness (QED) is 0.160. The van der Waals surface area contributed by atoms with E-state index in [0.29, 0.717) is 30.9 Å². The number of aliphatic hydroxyl groups excluding tert-OH is 1. The van der Waals surface area contributed by atoms with Gasteiger partial charge in [-0.05, 0) is 61.2 Å². The molecule has 7 heteroatoms. The monoisotopic (exact) mass is 532 g/mol. The molecular formula is C32H40N2O5. The summed E-state index contributed by atoms with van der Waals surface area (Å²) < 4.78 is 5.83. The molecule has 0 aliphatic heterocycles. The predicted molar refractivity (Wildman–Crippen MR) is 154 cm³/mol. The SMILES string of the molecule is CC(=O)Nc1ccccc1CCOCCCCCCN(CC(=O)c1ccc(O)c(CO)c1)Cc1ccccc1. The zero-order valence-corrected chi connectivity index (χ0v) is 22.8. The topological polar surface area (TPSA) is 99.1 Å². The van der Waals surface area contributed by atoms with Gasteiger partial charge in [0, 0.05) is 36.9 Å². The molecule has 1 amide bonds. The van der Waals surface area contributed by atoms with Gasteiger partial charge in [-0.2, -0.15) is 0 Å². The van der Waals surface area contributed by atoms with Crippen LogP contribution in [0.2, 0.25) is 0 Å². The molecule has 39 heavy (non-hydrogen) atoms. The van der Waals surface area contributed by atoms with E-state index in [9.17, 15) is 19.8 Å². The average molecular weight is 533 g/mol. The first kappa shape index (κ1) is 30.0. The zero-order chi connectivity index (χ0) is 27.9. The number of rotatable bonds is 17. The highest BCUT2D eigenvalue weighted by Crippen LogP contribution is 2.20. The molecule has 0 spiro atoms. The van der Waals surface area contributed by atoms with Gasteiger partial charge in [0.1, 0.15) is 5.75 Å². The summed E-state index contributed by atoms with van der Waals surface area (Å²) in [5, 5.41) is 22.1. The van der Waals surface area contributed by atoms with Crippen LogP contribution in [0.25, 0.3) is 0 Å². The zero-order valence-electron chi connectivity index (χ0n) is 22.8. The number of amides is 1. The predicted octanol–water partition coefficient (Wildman–Crippen LogP) is 5.35. The number of benzene rings is 3. The summed E-state index contributed by atoms with van der Waals surface area (Å²) in [6, 6.07) is 22.5. The van der Waals surface area contributed by atoms with Gasteiger partial charge in [-0.3, -0.25) is 14.5 Å². The first-order valence-electron chi connectivity index (χ1n) is 13.6. The van der Waals surface area contributed by atoms with Crippen LogP contribution < -0.4 is 5.32 Å². The minimum atomic E-state index is -0.311. The number of para-hydroxylation sites is 1. The summed E-state index contributed by atoms with van der Waals surface area (Å²) in [6.45, 7) is 4.26. The normalized spacial score (nSPS) is 11.1. The fourth-order valence-electron chi connectivity index (χ4n) is 4.46. The van der Waals surface area contributed by atoms with Crippen LogP contribution in [0.15, 0.2) is 72.8 Å². The third-order valence-electron chi connectivity index (χ3n) is 6.54. The summed E-state index contributed by atoms with van der Waals surface area (Å²) in [5.74, 6) is -0.116. The second kappa shape index (κ2) is 16.4. The van der Waals surface area contributed by atoms with Crippen molar-refractivity contribution in [2.45, 2.75) is 52.2 Å². The van der Waals surface area contributed by atoms with Crippen molar-refractivity contribution in [3.05, 3.63) is 95.1 Å². The maximum absolute atomic E-state index is 13.0. The van der Waals surface area contributed by atoms with Gasteiger partial charge < -0.3 is 20.3 Å². The highest BCUT2D eigenvalue weighted by atomic mass is 16.5. The van der Waals surface area contributed by atoms with Crippen LogP contribution in [0.5, 0.6) is 5.75 Å². The van der Waals surface area contributed by atoms with Gasteiger partial charge in [0.2, 0.25) is 5.91 Å². The molecule has 3 aromatic rings. The summed E-state index contributed by atoms with van der Waals surface area (Å²) in [7, 11) is 0. The van der Waals surface area contributed by atoms with Gasteiger partial charge in [-0.25, -0.2) is 0 Å². The van der Waals surface area contributed by atoms with Crippen molar-refractivity contribution in [1.29, 1.82) is 0 Å². The summed E-state index contributed by atoms with van der Waals surface area (Å²) in [6.07, 6.45) is 4.79. The van der Waals surface area contributed by atoms with Crippen molar-refractivity contribution in [2.75, 3.05) is 31.6 Å². The van der Waals surface area contributed by atoms with E-state index in [4.69, 9.17) is 4.74 Å². The Morgan fingerprint density at radius 2 is 1.62 bits per heavy atom. The Balaban J connectivity index is 1.40. The molecule has 208 valence electrons. The van der Waals surface area contributed by atoms with Gasteiger partial charge in [0.05, 0.1) is 19.8 Å². The summed E-state index contributed by atoms with van der Waals surface area (Å²) in [4.78, 5) is 26.5. The smallest absolute Gasteiger partial charge is 0.221 e. The van der Waals surface area contributed by atoms with Crippen LogP contribution in [0.4, 0.5) is 5.69 Å². The third kappa shape index (κ3) is 10.6. The molecule has 0 unspecified atom stereocenters. The number of hydrogen-bond donors (Lipinski definition) is 3. The molecule has 0 aliphatic rings. The number of unbranched alkanes of at least 4 members (excludes halogenated alkanes) is 3. The molecule has 3 rings (SSSR count). The lowest BCUT2D eigenvalue weighted by molar-refractivity contribution is -0.114. The molecule has 7 nitrogen and oxygen atoms in total. The van der Waals surface area contributed by atoms with Crippen LogP contribution in [-0.2, 0) is 29.1 Å². The number of phenols is 1. The van der Waals surface area contributed by atoms with Crippen molar-refractivity contribution in [1.82, 2.24) is 4.90 Å². The van der Waals surface area contributed by atoms with Crippen LogP contribution in [0.3, 0.4) is 0 Å². The molecule has 0 atom stereocenters. The van der Waals surface area contributed by atoms with E-state index in [1.54, 1.807) is 12.1 Å². The Kier molecular flexibility index (Phi) is 12.7. The molecule has 0 bridgehead atoms. The van der Waals surface area contributed by atoms with E-state index in [0.717, 1.165) is 55.5 Å². The number of nitrogens with one attached hydrogen (secondary N) is 1. The van der Waals surface area contributed by atoms with Crippen molar-refractivity contribution in [3.8, 4) is 5.75 Å². The van der Waals surface area contributed by atoms with Crippen LogP contribution >= 0.6 is 0 Å². The maximum Gasteiger partial charge on any atom is 0.221 e. The van der Waals surface area contributed by atoms with E-state index in [2.05, 4.69) is 22.3 Å². The number of aliphatic hydroxyl groups is 1. The van der Waals surface area contributed by atoms with E-state index in [-0.39, 0.29) is 30.6 Å². The van der Waals surface area contributed by atoms with E-state index in [1.807, 2.05) is 42.5 Å². The summed E-state index contributed by atoms with van der Waals surface area (Å²) >= 11 is 0. The van der Waals surface area contributed by atoms with Crippen molar-refractivity contribution < 1.29 is 24.5 Å². The second-order valence-electron chi connectivity index (χ2n) is 9.74. The van der Waals surface area contributed by atoms with Gasteiger partial charge in [0.25, 0.3) is 0 Å². The fourth-order valence-corrected chi connectivity index (χ4v) is 4.46. The van der Waals surface area contributed by atoms with Gasteiger partial charge in [0.15, 0.2) is 5.78 Å². The molecule has 0 aliphatic carbocycles. The Bertz CT molecular complexity index is 1180. The van der Waals surface area contributed by atoms with Gasteiger partial charge >= 0.3 is 0 Å². The van der Waals surface area contributed by atoms with Crippen LogP contribution in [-0.4, -0.2) is 53.1 Å². The van der Waals surface area contributed by atoms with Crippen molar-refractivity contribution >= 4 is 17.4 Å². The van der Waals surface area contributed by atoms with Gasteiger partial charge in [-0.15, -0.1) is 0 Å². The lowest BCUT2D eigenvalue weighted by Gasteiger charge is -2.22. The molecule has 0 saturated carbocycles. The molecule has 0 fully saturated rings. The number of carbonyl (C=O) groups is 2. The Morgan fingerprint density at radius 3 is 2.38 bits per heavy atom. The molecule has 0 saturated heterocycles. The lowest BCUT2D eigenvalue weighted by atomic mass is 10.1. The maximum atomic E-state index is 13.0. The fraction of sp³-hybridized carbons (Fsp3) is 0.375. The first-order valence-corrected chi connectivity index (χ1v) is 13.6. The molecule has 0 aromatic heterocycles. The average Bonchev–Trinajstić information content (AvgIpc) is 2.93. The number of carbonyl (C=O) groups excluding carboxylic acids is 2. The Hall–Kier alpha value is -3.52.